The molecule has 0 spiro atoms. The number of benzene rings is 1. The maximum Gasteiger partial charge on any atom is 0.227 e. The van der Waals surface area contributed by atoms with Crippen LogP contribution >= 0.6 is 27.5 Å². The lowest BCUT2D eigenvalue weighted by molar-refractivity contribution is -0.117. The van der Waals surface area contributed by atoms with Crippen LogP contribution in [0.3, 0.4) is 0 Å². The molecule has 1 fully saturated rings. The average Bonchev–Trinajstić information content (AvgIpc) is 2.62. The Labute approximate surface area is 129 Å². The molecule has 1 amide bonds. The summed E-state index contributed by atoms with van der Waals surface area (Å²) in [6, 6.07) is 2.96. The van der Waals surface area contributed by atoms with Crippen LogP contribution in [0.4, 0.5) is 5.69 Å². The molecule has 1 aliphatic rings. The summed E-state index contributed by atoms with van der Waals surface area (Å²) in [5.74, 6) is -1.05. The Morgan fingerprint density at radius 2 is 2.15 bits per heavy atom. The van der Waals surface area contributed by atoms with E-state index in [0.717, 1.165) is 0 Å². The van der Waals surface area contributed by atoms with E-state index in [2.05, 4.69) is 15.9 Å². The van der Waals surface area contributed by atoms with Crippen molar-refractivity contribution in [3.8, 4) is 5.75 Å². The van der Waals surface area contributed by atoms with Crippen molar-refractivity contribution in [2.45, 2.75) is 6.42 Å². The second-order valence-corrected chi connectivity index (χ2v) is 7.61. The third-order valence-corrected chi connectivity index (χ3v) is 4.73. The fourth-order valence-electron chi connectivity index (χ4n) is 2.21. The molecule has 1 saturated heterocycles. The van der Waals surface area contributed by atoms with Crippen molar-refractivity contribution in [3.05, 3.63) is 21.6 Å². The topological polar surface area (TPSA) is 101 Å². The molecule has 6 nitrogen and oxygen atoms in total. The number of carbonyl (C=O) groups excluding carboxylic acids is 1. The predicted molar refractivity (Wildman–Crippen MR) is 79.3 cm³/mol. The first kappa shape index (κ1) is 15.6. The Kier molecular flexibility index (Phi) is 4.29. The summed E-state index contributed by atoms with van der Waals surface area (Å²) < 4.78 is 22.5. The predicted octanol–water partition coefficient (Wildman–Crippen LogP) is 1.45. The summed E-state index contributed by atoms with van der Waals surface area (Å²) in [6.45, 7) is 0.176. The molecule has 1 aliphatic heterocycles. The minimum absolute atomic E-state index is 0.0694. The zero-order valence-electron chi connectivity index (χ0n) is 10.2. The number of primary sulfonamides is 1. The molecule has 0 aromatic heterocycles. The molecule has 3 N–H and O–H groups in total. The van der Waals surface area contributed by atoms with E-state index in [1.54, 1.807) is 0 Å². The van der Waals surface area contributed by atoms with Gasteiger partial charge in [0.15, 0.2) is 5.75 Å². The number of sulfonamides is 1. The molecule has 1 atom stereocenters. The molecule has 1 aromatic rings. The van der Waals surface area contributed by atoms with E-state index < -0.39 is 15.9 Å². The zero-order valence-corrected chi connectivity index (χ0v) is 13.4. The average molecular weight is 384 g/mol. The molecule has 0 saturated carbocycles. The van der Waals surface area contributed by atoms with E-state index in [9.17, 15) is 18.3 Å². The van der Waals surface area contributed by atoms with Crippen molar-refractivity contribution >= 4 is 49.1 Å². The van der Waals surface area contributed by atoms with Crippen molar-refractivity contribution in [3.63, 3.8) is 0 Å². The molecule has 0 bridgehead atoms. The lowest BCUT2D eigenvalue weighted by atomic mass is 10.1. The first-order valence-corrected chi connectivity index (χ1v) is 8.55. The van der Waals surface area contributed by atoms with Crippen LogP contribution < -0.4 is 10.0 Å². The van der Waals surface area contributed by atoms with Crippen LogP contribution in [0, 0.1) is 5.92 Å². The van der Waals surface area contributed by atoms with Crippen molar-refractivity contribution < 1.29 is 18.3 Å². The molecule has 20 heavy (non-hydrogen) atoms. The van der Waals surface area contributed by atoms with Gasteiger partial charge in [-0.15, -0.1) is 0 Å². The van der Waals surface area contributed by atoms with E-state index in [1.165, 1.54) is 17.0 Å². The summed E-state index contributed by atoms with van der Waals surface area (Å²) in [4.78, 5) is 13.3. The molecular weight excluding hydrogens is 372 g/mol. The summed E-state index contributed by atoms with van der Waals surface area (Å²) in [6.07, 6.45) is 0.0694. The molecule has 9 heteroatoms. The maximum atomic E-state index is 12.0. The first-order chi connectivity index (χ1) is 9.17. The smallest absolute Gasteiger partial charge is 0.227 e. The van der Waals surface area contributed by atoms with E-state index >= 15 is 0 Å². The zero-order chi connectivity index (χ0) is 15.1. The second-order valence-electron chi connectivity index (χ2n) is 4.66. The number of nitrogens with zero attached hydrogens (tertiary/aromatic N) is 1. The second kappa shape index (κ2) is 5.51. The number of halogens is 2. The van der Waals surface area contributed by atoms with Crippen molar-refractivity contribution in [1.29, 1.82) is 0 Å². The molecule has 1 unspecified atom stereocenters. The van der Waals surface area contributed by atoms with Crippen molar-refractivity contribution in [2.75, 3.05) is 17.2 Å². The fourth-order valence-corrected chi connectivity index (χ4v) is 3.89. The number of phenols is 1. The fraction of sp³-hybridized carbons (Fsp3) is 0.364. The number of rotatable bonds is 3. The highest BCUT2D eigenvalue weighted by molar-refractivity contribution is 9.10. The van der Waals surface area contributed by atoms with E-state index in [-0.39, 0.29) is 36.1 Å². The number of nitrogens with two attached hydrogens (primary N) is 1. The molecule has 1 aromatic carbocycles. The summed E-state index contributed by atoms with van der Waals surface area (Å²) in [7, 11) is -3.64. The Hall–Kier alpha value is -0.830. The third-order valence-electron chi connectivity index (χ3n) is 2.97. The number of hydrogen-bond donors (Lipinski definition) is 2. The van der Waals surface area contributed by atoms with Gasteiger partial charge in [0, 0.05) is 23.9 Å². The SMILES string of the molecule is NS(=O)(=O)CC1CC(=O)N(c2cc(Cl)cc(Br)c2O)C1. The van der Waals surface area contributed by atoms with Gasteiger partial charge in [-0.05, 0) is 28.1 Å². The maximum absolute atomic E-state index is 12.0. The highest BCUT2D eigenvalue weighted by atomic mass is 79.9. The van der Waals surface area contributed by atoms with E-state index in [1.807, 2.05) is 0 Å². The quantitative estimate of drug-likeness (QED) is 0.825. The largest absolute Gasteiger partial charge is 0.505 e. The van der Waals surface area contributed by atoms with E-state index in [4.69, 9.17) is 16.7 Å². The highest BCUT2D eigenvalue weighted by Gasteiger charge is 2.34. The minimum atomic E-state index is -3.64. The van der Waals surface area contributed by atoms with Gasteiger partial charge in [0.25, 0.3) is 0 Å². The number of phenolic OH excluding ortho intramolecular Hbond substituents is 1. The molecule has 110 valence electrons. The van der Waals surface area contributed by atoms with Crippen LogP contribution in [0.5, 0.6) is 5.75 Å². The lowest BCUT2D eigenvalue weighted by Crippen LogP contribution is -2.27. The van der Waals surface area contributed by atoms with Gasteiger partial charge in [-0.25, -0.2) is 13.6 Å². The van der Waals surface area contributed by atoms with Gasteiger partial charge in [0.2, 0.25) is 15.9 Å². The Bertz CT molecular complexity index is 665. The van der Waals surface area contributed by atoms with Gasteiger partial charge >= 0.3 is 0 Å². The van der Waals surface area contributed by atoms with Crippen LogP contribution in [0.1, 0.15) is 6.42 Å². The Morgan fingerprint density at radius 1 is 1.50 bits per heavy atom. The highest BCUT2D eigenvalue weighted by Crippen LogP contribution is 2.40. The van der Waals surface area contributed by atoms with Crippen LogP contribution in [0.15, 0.2) is 16.6 Å². The third kappa shape index (κ3) is 3.43. The number of anilines is 1. The van der Waals surface area contributed by atoms with Gasteiger partial charge in [0.05, 0.1) is 15.9 Å². The van der Waals surface area contributed by atoms with Gasteiger partial charge in [0.1, 0.15) is 0 Å². The number of hydrogen-bond acceptors (Lipinski definition) is 4. The molecule has 0 aliphatic carbocycles. The van der Waals surface area contributed by atoms with Crippen LogP contribution in [0.2, 0.25) is 5.02 Å². The van der Waals surface area contributed by atoms with Crippen LogP contribution in [0.25, 0.3) is 0 Å². The number of aromatic hydroxyl groups is 1. The normalized spacial score (nSPS) is 19.6. The van der Waals surface area contributed by atoms with Gasteiger partial charge in [-0.3, -0.25) is 4.79 Å². The van der Waals surface area contributed by atoms with Crippen molar-refractivity contribution in [2.24, 2.45) is 11.1 Å². The molecule has 1 heterocycles. The summed E-state index contributed by atoms with van der Waals surface area (Å²) in [5, 5.41) is 15.3. The number of amides is 1. The van der Waals surface area contributed by atoms with Gasteiger partial charge in [-0.2, -0.15) is 0 Å². The first-order valence-electron chi connectivity index (χ1n) is 5.66. The van der Waals surface area contributed by atoms with Crippen LogP contribution in [-0.4, -0.2) is 31.7 Å². The summed E-state index contributed by atoms with van der Waals surface area (Å²) in [5.41, 5.74) is 0.256. The van der Waals surface area contributed by atoms with E-state index in [0.29, 0.717) is 9.50 Å². The standard InChI is InChI=1S/C11H12BrClN2O4S/c12-8-2-7(13)3-9(11(8)17)15-4-6(1-10(15)16)5-20(14,18)19/h2-3,6,17H,1,4-5H2,(H2,14,18,19). The molecule has 2 rings (SSSR count). The lowest BCUT2D eigenvalue weighted by Gasteiger charge is -2.19. The Morgan fingerprint density at radius 3 is 2.75 bits per heavy atom. The van der Waals surface area contributed by atoms with Crippen molar-refractivity contribution in [1.82, 2.24) is 0 Å². The minimum Gasteiger partial charge on any atom is -0.505 e. The Balaban J connectivity index is 2.29. The monoisotopic (exact) mass is 382 g/mol. The van der Waals surface area contributed by atoms with Gasteiger partial charge < -0.3 is 10.0 Å². The number of carbonyl (C=O) groups is 1. The molecular formula is C11H12BrClN2O4S. The summed E-state index contributed by atoms with van der Waals surface area (Å²) >= 11 is 9.04. The molecule has 0 radical (unpaired) electrons. The van der Waals surface area contributed by atoms with Crippen LogP contribution in [-0.2, 0) is 14.8 Å². The van der Waals surface area contributed by atoms with Gasteiger partial charge in [-0.1, -0.05) is 11.6 Å².